The van der Waals surface area contributed by atoms with Crippen LogP contribution < -0.4 is 10.2 Å². The van der Waals surface area contributed by atoms with Gasteiger partial charge in [-0.3, -0.25) is 9.59 Å². The second-order valence-electron chi connectivity index (χ2n) is 9.09. The van der Waals surface area contributed by atoms with E-state index >= 15 is 0 Å². The number of carbonyl (C=O) groups excluding carboxylic acids is 2. The van der Waals surface area contributed by atoms with Crippen LogP contribution in [0, 0.1) is 18.2 Å². The van der Waals surface area contributed by atoms with Crippen LogP contribution in [0.4, 0.5) is 10.1 Å². The molecule has 1 N–H and O–H groups in total. The van der Waals surface area contributed by atoms with Crippen molar-refractivity contribution in [2.24, 2.45) is 5.41 Å². The number of benzene rings is 1. The smallest absolute Gasteiger partial charge is 0.256 e. The Bertz CT molecular complexity index is 1230. The first-order valence-electron chi connectivity index (χ1n) is 11.2. The number of carbonyl (C=O) groups is 2. The van der Waals surface area contributed by atoms with Crippen LogP contribution >= 0.6 is 11.6 Å². The lowest BCUT2D eigenvalue weighted by atomic mass is 9.67. The van der Waals surface area contributed by atoms with E-state index in [2.05, 4.69) is 15.4 Å². The van der Waals surface area contributed by atoms with Gasteiger partial charge in [-0.05, 0) is 69.2 Å². The number of fused-ring (bicyclic) bond motifs is 1. The van der Waals surface area contributed by atoms with Crippen molar-refractivity contribution < 1.29 is 14.0 Å². The van der Waals surface area contributed by atoms with Gasteiger partial charge in [0.05, 0.1) is 16.9 Å². The lowest BCUT2D eigenvalue weighted by Crippen LogP contribution is -2.52. The standard InChI is InChI=1S/C24H25ClFN5O2/c1-15-12-20(18(25)13-19(15)26)30-10-2-6-24(23(30)33)7-4-16(5-8-24)29-22(32)17-14-28-31-11-3-9-27-21(17)31/h3,9,11-14,16H,2,4-8,10H2,1H3,(H,29,32)/t16-,24-. The van der Waals surface area contributed by atoms with Crippen molar-refractivity contribution in [2.75, 3.05) is 11.4 Å². The summed E-state index contributed by atoms with van der Waals surface area (Å²) in [4.78, 5) is 32.4. The number of nitrogens with one attached hydrogen (secondary N) is 1. The predicted molar refractivity (Wildman–Crippen MR) is 123 cm³/mol. The molecule has 1 spiro atoms. The molecule has 172 valence electrons. The van der Waals surface area contributed by atoms with Crippen LogP contribution in [0.1, 0.15) is 54.4 Å². The van der Waals surface area contributed by atoms with E-state index in [9.17, 15) is 14.0 Å². The molecule has 1 aliphatic carbocycles. The molecule has 7 nitrogen and oxygen atoms in total. The monoisotopic (exact) mass is 469 g/mol. The average Bonchev–Trinajstić information content (AvgIpc) is 3.24. The molecule has 0 radical (unpaired) electrons. The molecule has 2 fully saturated rings. The number of nitrogens with zero attached hydrogens (tertiary/aromatic N) is 4. The summed E-state index contributed by atoms with van der Waals surface area (Å²) in [5, 5.41) is 7.53. The maximum Gasteiger partial charge on any atom is 0.256 e. The van der Waals surface area contributed by atoms with E-state index in [1.165, 1.54) is 12.3 Å². The Morgan fingerprint density at radius 1 is 1.27 bits per heavy atom. The summed E-state index contributed by atoms with van der Waals surface area (Å²) in [5.74, 6) is -0.520. The van der Waals surface area contributed by atoms with Gasteiger partial charge in [-0.15, -0.1) is 0 Å². The fraction of sp³-hybridized carbons (Fsp3) is 0.417. The molecule has 33 heavy (non-hydrogen) atoms. The zero-order valence-corrected chi connectivity index (χ0v) is 19.1. The predicted octanol–water partition coefficient (Wildman–Crippen LogP) is 4.32. The SMILES string of the molecule is Cc1cc(N2CCC[C@]3(CC[C@@H](NC(=O)c4cnn5cccnc45)CC3)C2=O)c(Cl)cc1F. The van der Waals surface area contributed by atoms with Gasteiger partial charge in [-0.2, -0.15) is 5.10 Å². The number of rotatable bonds is 3. The molecule has 2 aromatic heterocycles. The van der Waals surface area contributed by atoms with Crippen molar-refractivity contribution in [1.82, 2.24) is 19.9 Å². The van der Waals surface area contributed by atoms with Crippen LogP contribution in [0.15, 0.2) is 36.8 Å². The second kappa shape index (κ2) is 8.41. The van der Waals surface area contributed by atoms with E-state index < -0.39 is 5.41 Å². The van der Waals surface area contributed by atoms with Crippen molar-refractivity contribution in [2.45, 2.75) is 51.5 Å². The van der Waals surface area contributed by atoms with Crippen LogP contribution in [0.3, 0.4) is 0 Å². The van der Waals surface area contributed by atoms with Gasteiger partial charge < -0.3 is 10.2 Å². The van der Waals surface area contributed by atoms with Gasteiger partial charge in [-0.1, -0.05) is 11.6 Å². The second-order valence-corrected chi connectivity index (χ2v) is 9.49. The normalized spacial score (nSPS) is 23.3. The minimum Gasteiger partial charge on any atom is -0.349 e. The fourth-order valence-corrected chi connectivity index (χ4v) is 5.43. The summed E-state index contributed by atoms with van der Waals surface area (Å²) in [6.07, 6.45) is 9.41. The molecular weight excluding hydrogens is 445 g/mol. The van der Waals surface area contributed by atoms with Crippen molar-refractivity contribution in [3.05, 3.63) is 58.8 Å². The molecule has 1 aliphatic heterocycles. The number of halogens is 2. The van der Waals surface area contributed by atoms with Crippen LogP contribution in [0.25, 0.3) is 5.65 Å². The zero-order chi connectivity index (χ0) is 23.2. The maximum atomic E-state index is 13.9. The third-order valence-corrected chi connectivity index (χ3v) is 7.36. The number of aromatic nitrogens is 3. The zero-order valence-electron chi connectivity index (χ0n) is 18.4. The Hall–Kier alpha value is -3.00. The van der Waals surface area contributed by atoms with Crippen LogP contribution in [0.5, 0.6) is 0 Å². The third-order valence-electron chi connectivity index (χ3n) is 7.06. The lowest BCUT2D eigenvalue weighted by Gasteiger charge is -2.45. The molecule has 2 amide bonds. The summed E-state index contributed by atoms with van der Waals surface area (Å²) in [7, 11) is 0. The van der Waals surface area contributed by atoms with Gasteiger partial charge in [0.15, 0.2) is 5.65 Å². The van der Waals surface area contributed by atoms with Gasteiger partial charge in [0.25, 0.3) is 5.91 Å². The molecule has 1 aromatic carbocycles. The molecule has 3 aromatic rings. The number of anilines is 1. The number of aryl methyl sites for hydroxylation is 1. The molecular formula is C24H25ClFN5O2. The minimum atomic E-state index is -0.461. The Balaban J connectivity index is 1.28. The number of piperidine rings is 1. The molecule has 0 unspecified atom stereocenters. The first-order chi connectivity index (χ1) is 15.9. The van der Waals surface area contributed by atoms with Crippen molar-refractivity contribution >= 4 is 34.7 Å². The molecule has 1 saturated heterocycles. The molecule has 0 atom stereocenters. The Morgan fingerprint density at radius 2 is 2.06 bits per heavy atom. The van der Waals surface area contributed by atoms with E-state index in [0.29, 0.717) is 54.7 Å². The Labute approximate surface area is 195 Å². The van der Waals surface area contributed by atoms with Gasteiger partial charge in [0.2, 0.25) is 5.91 Å². The number of hydrogen-bond donors (Lipinski definition) is 1. The van der Waals surface area contributed by atoms with E-state index in [1.807, 2.05) is 0 Å². The molecule has 3 heterocycles. The van der Waals surface area contributed by atoms with Gasteiger partial charge in [0, 0.05) is 30.4 Å². The number of hydrogen-bond acceptors (Lipinski definition) is 4. The summed E-state index contributed by atoms with van der Waals surface area (Å²) in [6.45, 7) is 2.25. The third kappa shape index (κ3) is 3.86. The van der Waals surface area contributed by atoms with E-state index in [4.69, 9.17) is 11.6 Å². The summed E-state index contributed by atoms with van der Waals surface area (Å²) in [5.41, 5.74) is 1.55. The molecule has 0 bridgehead atoms. The van der Waals surface area contributed by atoms with E-state index in [0.717, 1.165) is 12.8 Å². The van der Waals surface area contributed by atoms with E-state index in [-0.39, 0.29) is 28.7 Å². The Morgan fingerprint density at radius 3 is 2.85 bits per heavy atom. The largest absolute Gasteiger partial charge is 0.349 e. The van der Waals surface area contributed by atoms with Crippen molar-refractivity contribution in [3.63, 3.8) is 0 Å². The van der Waals surface area contributed by atoms with Crippen LogP contribution in [-0.2, 0) is 4.79 Å². The summed E-state index contributed by atoms with van der Waals surface area (Å²) < 4.78 is 15.4. The van der Waals surface area contributed by atoms with Gasteiger partial charge in [-0.25, -0.2) is 13.9 Å². The first kappa shape index (κ1) is 21.8. The average molecular weight is 470 g/mol. The van der Waals surface area contributed by atoms with Crippen molar-refractivity contribution in [3.8, 4) is 0 Å². The fourth-order valence-electron chi connectivity index (χ4n) is 5.18. The molecule has 1 saturated carbocycles. The van der Waals surface area contributed by atoms with Crippen LogP contribution in [0.2, 0.25) is 5.02 Å². The highest BCUT2D eigenvalue weighted by atomic mass is 35.5. The minimum absolute atomic E-state index is 0.0124. The highest BCUT2D eigenvalue weighted by molar-refractivity contribution is 6.34. The van der Waals surface area contributed by atoms with Crippen LogP contribution in [-0.4, -0.2) is 39.0 Å². The van der Waals surface area contributed by atoms with Gasteiger partial charge >= 0.3 is 0 Å². The van der Waals surface area contributed by atoms with Gasteiger partial charge in [0.1, 0.15) is 11.4 Å². The first-order valence-corrected chi connectivity index (χ1v) is 11.6. The quantitative estimate of drug-likeness (QED) is 0.619. The topological polar surface area (TPSA) is 79.6 Å². The summed E-state index contributed by atoms with van der Waals surface area (Å²) >= 11 is 6.30. The molecule has 5 rings (SSSR count). The highest BCUT2D eigenvalue weighted by Gasteiger charge is 2.46. The van der Waals surface area contributed by atoms with Crippen molar-refractivity contribution in [1.29, 1.82) is 0 Å². The Kier molecular flexibility index (Phi) is 5.56. The highest BCUT2D eigenvalue weighted by Crippen LogP contribution is 2.46. The molecule has 2 aliphatic rings. The maximum absolute atomic E-state index is 13.9. The van der Waals surface area contributed by atoms with E-state index in [1.54, 1.807) is 40.9 Å². The molecule has 9 heteroatoms. The lowest BCUT2D eigenvalue weighted by molar-refractivity contribution is -0.132. The summed E-state index contributed by atoms with van der Waals surface area (Å²) in [6, 6.07) is 4.68. The number of amides is 2.